The Kier molecular flexibility index (Phi) is 13.0. The summed E-state index contributed by atoms with van der Waals surface area (Å²) in [5.74, 6) is -1.29. The van der Waals surface area contributed by atoms with Crippen molar-refractivity contribution >= 4 is 55.7 Å². The Morgan fingerprint density at radius 2 is 1.89 bits per heavy atom. The number of fused-ring (bicyclic) bond motifs is 1. The monoisotopic (exact) mass is 775 g/mol. The predicted octanol–water partition coefficient (Wildman–Crippen LogP) is 5.18. The molecular formula is C40H53N7O5S2. The number of carbonyl (C=O) groups excluding carboxylic acids is 3. The second kappa shape index (κ2) is 17.7. The van der Waals surface area contributed by atoms with Crippen LogP contribution >= 0.6 is 22.7 Å². The summed E-state index contributed by atoms with van der Waals surface area (Å²) >= 11 is 3.30. The summed E-state index contributed by atoms with van der Waals surface area (Å²) in [4.78, 5) is 54.0. The highest BCUT2D eigenvalue weighted by Crippen LogP contribution is 2.35. The first-order chi connectivity index (χ1) is 25.9. The molecule has 4 heterocycles. The molecule has 14 heteroatoms. The fourth-order valence-corrected chi connectivity index (χ4v) is 9.43. The Labute approximate surface area is 325 Å². The van der Waals surface area contributed by atoms with Gasteiger partial charge in [0.2, 0.25) is 17.7 Å². The number of ether oxygens (including phenoxy) is 1. The Hall–Kier alpha value is -3.95. The van der Waals surface area contributed by atoms with Gasteiger partial charge < -0.3 is 36.0 Å². The number of nitrogens with zero attached hydrogens (tertiary/aromatic N) is 4. The molecule has 1 unspecified atom stereocenters. The van der Waals surface area contributed by atoms with Crippen molar-refractivity contribution in [2.45, 2.75) is 84.5 Å². The number of benzene rings is 2. The zero-order chi connectivity index (χ0) is 38.4. The molecule has 4 atom stereocenters. The maximum atomic E-state index is 13.7. The highest BCUT2D eigenvalue weighted by Gasteiger charge is 2.41. The number of β-amino-alcohol motifs (C(OH)–C–C–N with tert-alkyl or cyclic N) is 1. The minimum atomic E-state index is -0.787. The number of nitrogens with one attached hydrogen (secondary N) is 2. The van der Waals surface area contributed by atoms with Gasteiger partial charge in [-0.05, 0) is 67.8 Å². The average molecular weight is 776 g/mol. The summed E-state index contributed by atoms with van der Waals surface area (Å²) in [6.45, 7) is 12.4. The number of amides is 3. The summed E-state index contributed by atoms with van der Waals surface area (Å²) in [6, 6.07) is 13.2. The smallest absolute Gasteiger partial charge is 0.243 e. The minimum absolute atomic E-state index is 0.0956. The van der Waals surface area contributed by atoms with Crippen LogP contribution in [-0.4, -0.2) is 89.2 Å². The second-order valence-corrected chi connectivity index (χ2v) is 17.3. The highest BCUT2D eigenvalue weighted by atomic mass is 32.1. The van der Waals surface area contributed by atoms with Gasteiger partial charge in [0, 0.05) is 44.9 Å². The first kappa shape index (κ1) is 39.7. The van der Waals surface area contributed by atoms with Crippen molar-refractivity contribution in [2.24, 2.45) is 17.1 Å². The van der Waals surface area contributed by atoms with Crippen LogP contribution in [0.5, 0.6) is 0 Å². The summed E-state index contributed by atoms with van der Waals surface area (Å²) in [5, 5.41) is 18.1. The van der Waals surface area contributed by atoms with Gasteiger partial charge in [-0.2, -0.15) is 0 Å². The second-order valence-electron chi connectivity index (χ2n) is 15.4. The largest absolute Gasteiger partial charge is 0.391 e. The SMILES string of the molecule is Cc1ncsc1-c1ccc([C@H](C)NC(=O)[C@@H]2C[C@@H](O)CN2C(=O)CC(C)(C)CC(CCCNCc2cccc3sc(N4CCOCC4)nc23)C(N)=O)cc1. The van der Waals surface area contributed by atoms with Crippen LogP contribution in [0.1, 0.15) is 75.7 Å². The third-order valence-electron chi connectivity index (χ3n) is 10.5. The van der Waals surface area contributed by atoms with Crippen molar-refractivity contribution in [1.82, 2.24) is 25.5 Å². The number of hydrogen-bond donors (Lipinski definition) is 4. The van der Waals surface area contributed by atoms with Crippen LogP contribution in [0.25, 0.3) is 20.7 Å². The van der Waals surface area contributed by atoms with Gasteiger partial charge in [-0.3, -0.25) is 14.4 Å². The number of morpholine rings is 1. The van der Waals surface area contributed by atoms with E-state index in [4.69, 9.17) is 15.5 Å². The number of primary amides is 1. The highest BCUT2D eigenvalue weighted by molar-refractivity contribution is 7.22. The van der Waals surface area contributed by atoms with Gasteiger partial charge in [-0.15, -0.1) is 11.3 Å². The van der Waals surface area contributed by atoms with Crippen molar-refractivity contribution in [3.05, 3.63) is 64.8 Å². The van der Waals surface area contributed by atoms with Crippen molar-refractivity contribution in [1.29, 1.82) is 0 Å². The molecule has 2 aliphatic heterocycles. The Bertz CT molecular complexity index is 1910. The predicted molar refractivity (Wildman–Crippen MR) is 214 cm³/mol. The zero-order valence-corrected chi connectivity index (χ0v) is 33.3. The number of anilines is 1. The van der Waals surface area contributed by atoms with Crippen molar-refractivity contribution in [2.75, 3.05) is 44.3 Å². The lowest BCUT2D eigenvalue weighted by Crippen LogP contribution is -2.47. The van der Waals surface area contributed by atoms with Crippen LogP contribution in [0.15, 0.2) is 48.0 Å². The lowest BCUT2D eigenvalue weighted by atomic mass is 9.78. The van der Waals surface area contributed by atoms with E-state index in [-0.39, 0.29) is 43.1 Å². The number of aliphatic hydroxyl groups excluding tert-OH is 1. The third-order valence-corrected chi connectivity index (χ3v) is 12.6. The number of aryl methyl sites for hydroxylation is 1. The van der Waals surface area contributed by atoms with E-state index in [0.717, 1.165) is 75.3 Å². The molecule has 2 aliphatic rings. The number of para-hydroxylation sites is 1. The number of hydrogen-bond acceptors (Lipinski definition) is 11. The van der Waals surface area contributed by atoms with Crippen molar-refractivity contribution in [3.8, 4) is 10.4 Å². The Morgan fingerprint density at radius 1 is 1.13 bits per heavy atom. The van der Waals surface area contributed by atoms with E-state index in [1.807, 2.05) is 57.5 Å². The molecule has 2 saturated heterocycles. The van der Waals surface area contributed by atoms with Crippen LogP contribution in [0, 0.1) is 18.3 Å². The van der Waals surface area contributed by atoms with Crippen LogP contribution in [0.2, 0.25) is 0 Å². The summed E-state index contributed by atoms with van der Waals surface area (Å²) in [5.41, 5.74) is 12.3. The summed E-state index contributed by atoms with van der Waals surface area (Å²) in [6.07, 6.45) is 1.30. The number of thiazole rings is 2. The standard InChI is InChI=1S/C40H53N7O5S2/c1-25(27-10-12-28(13-11-27)36-26(2)43-24-53-36)44-38(51)32-19-31(48)23-47(32)34(49)21-40(3,4)20-29(37(41)50)8-6-14-42-22-30-7-5-9-33-35(30)45-39(54-33)46-15-17-52-18-16-46/h5,7,9-13,24-25,29,31-32,42,48H,6,8,14-23H2,1-4H3,(H2,41,50)(H,44,51)/t25-,29?,31+,32-/m0/s1. The Balaban J connectivity index is 0.978. The molecule has 4 aromatic rings. The first-order valence-electron chi connectivity index (χ1n) is 18.9. The van der Waals surface area contributed by atoms with Crippen LogP contribution in [-0.2, 0) is 25.7 Å². The van der Waals surface area contributed by atoms with Gasteiger partial charge in [-0.1, -0.05) is 61.6 Å². The zero-order valence-electron chi connectivity index (χ0n) is 31.7. The number of aliphatic hydroxyl groups is 1. The molecule has 3 amide bonds. The molecule has 54 heavy (non-hydrogen) atoms. The van der Waals surface area contributed by atoms with E-state index in [1.54, 1.807) is 22.7 Å². The lowest BCUT2D eigenvalue weighted by Gasteiger charge is -2.32. The maximum absolute atomic E-state index is 13.7. The van der Waals surface area contributed by atoms with E-state index < -0.39 is 23.5 Å². The van der Waals surface area contributed by atoms with Crippen molar-refractivity contribution in [3.63, 3.8) is 0 Å². The topological polar surface area (TPSA) is 163 Å². The molecule has 6 rings (SSSR count). The number of aromatic nitrogens is 2. The van der Waals surface area contributed by atoms with Gasteiger partial charge in [0.15, 0.2) is 5.13 Å². The molecule has 0 aliphatic carbocycles. The van der Waals surface area contributed by atoms with Gasteiger partial charge in [0.05, 0.1) is 51.7 Å². The van der Waals surface area contributed by atoms with E-state index in [1.165, 1.54) is 4.90 Å². The molecule has 0 spiro atoms. The minimum Gasteiger partial charge on any atom is -0.391 e. The van der Waals surface area contributed by atoms with Gasteiger partial charge >= 0.3 is 0 Å². The number of likely N-dealkylation sites (tertiary alicyclic amines) is 1. The molecular weight excluding hydrogens is 723 g/mol. The molecule has 0 radical (unpaired) electrons. The fraction of sp³-hybridized carbons (Fsp3) is 0.525. The third kappa shape index (κ3) is 9.82. The van der Waals surface area contributed by atoms with Gasteiger partial charge in [0.1, 0.15) is 6.04 Å². The lowest BCUT2D eigenvalue weighted by molar-refractivity contribution is -0.140. The average Bonchev–Trinajstić information content (AvgIpc) is 3.89. The quantitative estimate of drug-likeness (QED) is 0.112. The van der Waals surface area contributed by atoms with Gasteiger partial charge in [-0.25, -0.2) is 9.97 Å². The molecule has 2 aromatic carbocycles. The van der Waals surface area contributed by atoms with E-state index in [0.29, 0.717) is 25.9 Å². The first-order valence-corrected chi connectivity index (χ1v) is 20.6. The normalized spacial score (nSPS) is 18.9. The number of nitrogens with two attached hydrogens (primary N) is 1. The number of carbonyl (C=O) groups is 3. The Morgan fingerprint density at radius 3 is 2.59 bits per heavy atom. The summed E-state index contributed by atoms with van der Waals surface area (Å²) in [7, 11) is 0. The number of rotatable bonds is 16. The molecule has 0 saturated carbocycles. The summed E-state index contributed by atoms with van der Waals surface area (Å²) < 4.78 is 6.66. The van der Waals surface area contributed by atoms with E-state index in [2.05, 4.69) is 38.7 Å². The molecule has 0 bridgehead atoms. The van der Waals surface area contributed by atoms with Crippen molar-refractivity contribution < 1.29 is 24.2 Å². The molecule has 290 valence electrons. The van der Waals surface area contributed by atoms with Crippen LogP contribution < -0.4 is 21.3 Å². The van der Waals surface area contributed by atoms with E-state index in [9.17, 15) is 19.5 Å². The molecule has 2 fully saturated rings. The van der Waals surface area contributed by atoms with Crippen LogP contribution in [0.4, 0.5) is 5.13 Å². The molecule has 2 aromatic heterocycles. The van der Waals surface area contributed by atoms with Gasteiger partial charge in [0.25, 0.3) is 0 Å². The molecule has 12 nitrogen and oxygen atoms in total. The van der Waals surface area contributed by atoms with E-state index >= 15 is 0 Å². The fourth-order valence-electron chi connectivity index (χ4n) is 7.55. The molecule has 5 N–H and O–H groups in total. The maximum Gasteiger partial charge on any atom is 0.243 e. The van der Waals surface area contributed by atoms with Crippen LogP contribution in [0.3, 0.4) is 0 Å².